The molecule has 0 aromatic heterocycles. The first kappa shape index (κ1) is 31.0. The number of nitrogens with zero attached hydrogens (tertiary/aromatic N) is 2. The number of nitrogens with one attached hydrogen (secondary N) is 1. The van der Waals surface area contributed by atoms with Crippen molar-refractivity contribution in [1.82, 2.24) is 10.2 Å². The van der Waals surface area contributed by atoms with Crippen molar-refractivity contribution < 1.29 is 22.7 Å². The van der Waals surface area contributed by atoms with E-state index >= 15 is 0 Å². The summed E-state index contributed by atoms with van der Waals surface area (Å²) in [6, 6.07) is 19.2. The Morgan fingerprint density at radius 1 is 0.975 bits per heavy atom. The van der Waals surface area contributed by atoms with E-state index in [4.69, 9.17) is 16.3 Å². The van der Waals surface area contributed by atoms with Crippen molar-refractivity contribution in [2.75, 3.05) is 24.5 Å². The molecule has 3 aromatic rings. The second-order valence-electron chi connectivity index (χ2n) is 9.34. The zero-order chi connectivity index (χ0) is 29.3. The summed E-state index contributed by atoms with van der Waals surface area (Å²) in [5, 5.41) is 3.28. The molecule has 3 rings (SSSR count). The summed E-state index contributed by atoms with van der Waals surface area (Å²) in [5.74, 6) is -0.126. The van der Waals surface area contributed by atoms with E-state index in [1.807, 2.05) is 26.0 Å². The molecule has 10 heteroatoms. The topological polar surface area (TPSA) is 96.0 Å². The highest BCUT2D eigenvalue weighted by atomic mass is 35.5. The number of methoxy groups -OCH3 is 1. The van der Waals surface area contributed by atoms with Crippen molar-refractivity contribution in [2.45, 2.75) is 51.1 Å². The molecule has 2 amide bonds. The average Bonchev–Trinajstić information content (AvgIpc) is 2.95. The molecule has 0 aliphatic rings. The number of carbonyl (C=O) groups excluding carboxylic acids is 2. The Bertz CT molecular complexity index is 1400. The first-order chi connectivity index (χ1) is 19.1. The summed E-state index contributed by atoms with van der Waals surface area (Å²) in [7, 11) is -2.59. The molecule has 214 valence electrons. The van der Waals surface area contributed by atoms with Gasteiger partial charge in [-0.05, 0) is 73.4 Å². The summed E-state index contributed by atoms with van der Waals surface area (Å²) in [6.45, 7) is 5.65. The normalized spacial score (nSPS) is 11.9. The van der Waals surface area contributed by atoms with Gasteiger partial charge in [0.15, 0.2) is 0 Å². The van der Waals surface area contributed by atoms with E-state index in [-0.39, 0.29) is 17.3 Å². The number of aryl methyl sites for hydroxylation is 1. The van der Waals surface area contributed by atoms with Crippen LogP contribution in [0.1, 0.15) is 37.8 Å². The fourth-order valence-corrected chi connectivity index (χ4v) is 5.91. The number of hydrogen-bond donors (Lipinski definition) is 1. The number of benzene rings is 3. The minimum Gasteiger partial charge on any atom is -0.497 e. The van der Waals surface area contributed by atoms with E-state index < -0.39 is 28.5 Å². The van der Waals surface area contributed by atoms with Crippen LogP contribution in [-0.4, -0.2) is 51.4 Å². The van der Waals surface area contributed by atoms with Gasteiger partial charge in [0.05, 0.1) is 17.7 Å². The van der Waals surface area contributed by atoms with E-state index in [0.717, 1.165) is 16.3 Å². The molecule has 3 aromatic carbocycles. The molecule has 0 aliphatic carbocycles. The first-order valence-corrected chi connectivity index (χ1v) is 15.0. The summed E-state index contributed by atoms with van der Waals surface area (Å²) in [6.07, 6.45) is 1.10. The summed E-state index contributed by atoms with van der Waals surface area (Å²) in [5.41, 5.74) is 1.83. The third kappa shape index (κ3) is 7.55. The van der Waals surface area contributed by atoms with Gasteiger partial charge < -0.3 is 15.0 Å². The molecule has 0 unspecified atom stereocenters. The molecule has 40 heavy (non-hydrogen) atoms. The Morgan fingerprint density at radius 3 is 2.20 bits per heavy atom. The fraction of sp³-hybridized carbons (Fsp3) is 0.333. The maximum Gasteiger partial charge on any atom is 0.264 e. The number of carbonyl (C=O) groups is 2. The van der Waals surface area contributed by atoms with Gasteiger partial charge in [-0.1, -0.05) is 55.8 Å². The Labute approximate surface area is 241 Å². The van der Waals surface area contributed by atoms with Crippen molar-refractivity contribution in [1.29, 1.82) is 0 Å². The first-order valence-electron chi connectivity index (χ1n) is 13.2. The van der Waals surface area contributed by atoms with E-state index in [0.29, 0.717) is 35.0 Å². The summed E-state index contributed by atoms with van der Waals surface area (Å²) in [4.78, 5) is 28.7. The monoisotopic (exact) mass is 585 g/mol. The molecular formula is C30H36ClN3O5S. The molecular weight excluding hydrogens is 550 g/mol. The van der Waals surface area contributed by atoms with Crippen LogP contribution in [0.3, 0.4) is 0 Å². The number of sulfonamides is 1. The Hall–Kier alpha value is -3.56. The van der Waals surface area contributed by atoms with Gasteiger partial charge in [-0.25, -0.2) is 8.42 Å². The molecule has 8 nitrogen and oxygen atoms in total. The van der Waals surface area contributed by atoms with Gasteiger partial charge in [-0.3, -0.25) is 13.9 Å². The Morgan fingerprint density at radius 2 is 1.62 bits per heavy atom. The third-order valence-electron chi connectivity index (χ3n) is 6.51. The van der Waals surface area contributed by atoms with E-state index in [9.17, 15) is 18.0 Å². The van der Waals surface area contributed by atoms with Crippen LogP contribution in [0.4, 0.5) is 5.69 Å². The second-order valence-corrected chi connectivity index (χ2v) is 11.6. The predicted molar refractivity (Wildman–Crippen MR) is 158 cm³/mol. The molecule has 0 saturated carbocycles. The predicted octanol–water partition coefficient (Wildman–Crippen LogP) is 5.19. The average molecular weight is 586 g/mol. The van der Waals surface area contributed by atoms with Gasteiger partial charge >= 0.3 is 0 Å². The largest absolute Gasteiger partial charge is 0.497 e. The van der Waals surface area contributed by atoms with Crippen molar-refractivity contribution in [3.8, 4) is 5.75 Å². The fourth-order valence-electron chi connectivity index (χ4n) is 4.30. The molecule has 0 bridgehead atoms. The number of amides is 2. The Kier molecular flexibility index (Phi) is 11.0. The standard InChI is InChI=1S/C30H36ClN3O5S/c1-5-19-32-30(36)27(6-2)33(20-23-11-15-25(39-4)16-12-23)29(35)21-34(28-10-8-7-9-22(28)3)40(37,38)26-17-13-24(31)14-18-26/h7-18,27H,5-6,19-21H2,1-4H3,(H,32,36)/t27-/m0/s1. The zero-order valence-corrected chi connectivity index (χ0v) is 24.8. The van der Waals surface area contributed by atoms with Crippen LogP contribution in [0, 0.1) is 6.92 Å². The number of anilines is 1. The maximum absolute atomic E-state index is 14.1. The van der Waals surface area contributed by atoms with Crippen molar-refractivity contribution in [2.24, 2.45) is 0 Å². The summed E-state index contributed by atoms with van der Waals surface area (Å²) >= 11 is 6.01. The van der Waals surface area contributed by atoms with Gasteiger partial charge in [0.2, 0.25) is 11.8 Å². The lowest BCUT2D eigenvalue weighted by Crippen LogP contribution is -2.52. The van der Waals surface area contributed by atoms with Crippen LogP contribution in [0.25, 0.3) is 0 Å². The number of ether oxygens (including phenoxy) is 1. The molecule has 0 saturated heterocycles. The van der Waals surface area contributed by atoms with Crippen LogP contribution in [0.15, 0.2) is 77.7 Å². The van der Waals surface area contributed by atoms with E-state index in [2.05, 4.69) is 5.32 Å². The SMILES string of the molecule is CCCNC(=O)[C@H](CC)N(Cc1ccc(OC)cc1)C(=O)CN(c1ccccc1C)S(=O)(=O)c1ccc(Cl)cc1. The molecule has 0 spiro atoms. The van der Waals surface area contributed by atoms with Crippen molar-refractivity contribution >= 4 is 39.1 Å². The number of rotatable bonds is 13. The third-order valence-corrected chi connectivity index (χ3v) is 8.54. The van der Waals surface area contributed by atoms with Gasteiger partial charge in [-0.15, -0.1) is 0 Å². The second kappa shape index (κ2) is 14.2. The highest BCUT2D eigenvalue weighted by Gasteiger charge is 2.34. The maximum atomic E-state index is 14.1. The van der Waals surface area contributed by atoms with Gasteiger partial charge in [0.25, 0.3) is 10.0 Å². The minimum absolute atomic E-state index is 0.00221. The van der Waals surface area contributed by atoms with Crippen LogP contribution in [-0.2, 0) is 26.2 Å². The quantitative estimate of drug-likeness (QED) is 0.298. The molecule has 0 radical (unpaired) electrons. The minimum atomic E-state index is -4.16. The highest BCUT2D eigenvalue weighted by molar-refractivity contribution is 7.92. The molecule has 0 heterocycles. The lowest BCUT2D eigenvalue weighted by molar-refractivity contribution is -0.140. The number of para-hydroxylation sites is 1. The van der Waals surface area contributed by atoms with Crippen molar-refractivity contribution in [3.05, 3.63) is 88.9 Å². The molecule has 0 aliphatic heterocycles. The molecule has 1 atom stereocenters. The highest BCUT2D eigenvalue weighted by Crippen LogP contribution is 2.28. The van der Waals surface area contributed by atoms with Crippen LogP contribution in [0.2, 0.25) is 5.02 Å². The molecule has 0 fully saturated rings. The zero-order valence-electron chi connectivity index (χ0n) is 23.3. The number of hydrogen-bond acceptors (Lipinski definition) is 5. The lowest BCUT2D eigenvalue weighted by atomic mass is 10.1. The van der Waals surface area contributed by atoms with Gasteiger partial charge in [0.1, 0.15) is 18.3 Å². The smallest absolute Gasteiger partial charge is 0.264 e. The number of halogens is 1. The van der Waals surface area contributed by atoms with Crippen LogP contribution < -0.4 is 14.4 Å². The lowest BCUT2D eigenvalue weighted by Gasteiger charge is -2.33. The molecule has 1 N–H and O–H groups in total. The summed E-state index contributed by atoms with van der Waals surface area (Å²) < 4.78 is 34.2. The van der Waals surface area contributed by atoms with E-state index in [1.165, 1.54) is 29.2 Å². The van der Waals surface area contributed by atoms with Crippen LogP contribution in [0.5, 0.6) is 5.75 Å². The van der Waals surface area contributed by atoms with Gasteiger partial charge in [-0.2, -0.15) is 0 Å². The Balaban J connectivity index is 2.05. The van der Waals surface area contributed by atoms with Gasteiger partial charge in [0, 0.05) is 18.1 Å². The van der Waals surface area contributed by atoms with E-state index in [1.54, 1.807) is 50.4 Å². The van der Waals surface area contributed by atoms with Crippen LogP contribution >= 0.6 is 11.6 Å². The van der Waals surface area contributed by atoms with Crippen molar-refractivity contribution in [3.63, 3.8) is 0 Å².